The number of nitrogens with one attached hydrogen (secondary N) is 2. The van der Waals surface area contributed by atoms with E-state index in [-0.39, 0.29) is 27.8 Å². The topological polar surface area (TPSA) is 153 Å². The lowest BCUT2D eigenvalue weighted by Crippen LogP contribution is -2.36. The number of aromatic nitrogens is 10. The molecule has 0 radical (unpaired) electrons. The van der Waals surface area contributed by atoms with E-state index < -0.39 is 11.2 Å². The molecule has 8 bridgehead atoms. The molecule has 4 aromatic heterocycles. The molecule has 436 valence electrons. The third-order valence-corrected chi connectivity index (χ3v) is 17.2. The summed E-state index contributed by atoms with van der Waals surface area (Å²) in [6, 6.07) is 59.2. The van der Waals surface area contributed by atoms with E-state index in [4.69, 9.17) is 19.9 Å². The lowest BCUT2D eigenvalue weighted by Gasteiger charge is -2.19. The summed E-state index contributed by atoms with van der Waals surface area (Å²) in [4.78, 5) is 63.8. The number of H-pyrrole nitrogens is 2. The van der Waals surface area contributed by atoms with Crippen molar-refractivity contribution in [3.8, 4) is 84.2 Å². The number of nitrogens with zero attached hydrogens (tertiary/aromatic N) is 8. The van der Waals surface area contributed by atoms with Crippen LogP contribution in [0.5, 0.6) is 0 Å². The summed E-state index contributed by atoms with van der Waals surface area (Å²) in [7, 11) is 1.41. The fraction of sp³-hybridized carbons (Fsp3) is 0.169. The molecule has 0 spiro atoms. The molecule has 2 N–H and O–H groups in total. The summed E-state index contributed by atoms with van der Waals surface area (Å²) in [6.07, 6.45) is 12.2. The first-order chi connectivity index (χ1) is 42.7. The predicted molar refractivity (Wildman–Crippen MR) is 364 cm³/mol. The first kappa shape index (κ1) is 56.1. The number of hydrogen-bond acceptors (Lipinski definition) is 8. The Morgan fingerprint density at radius 1 is 0.382 bits per heavy atom. The molecule has 12 heteroatoms. The monoisotopic (exact) mass is 1160 g/mol. The molecule has 0 saturated carbocycles. The lowest BCUT2D eigenvalue weighted by atomic mass is 9.86. The number of hydrogen-bond donors (Lipinski definition) is 2. The van der Waals surface area contributed by atoms with Gasteiger partial charge < -0.3 is 9.97 Å². The van der Waals surface area contributed by atoms with Crippen molar-refractivity contribution in [2.75, 3.05) is 0 Å². The maximum absolute atomic E-state index is 13.2. The molecular weight excluding hydrogens is 1100 g/mol. The van der Waals surface area contributed by atoms with Crippen molar-refractivity contribution < 1.29 is 0 Å². The minimum Gasteiger partial charge on any atom is -0.354 e. The van der Waals surface area contributed by atoms with Gasteiger partial charge in [0.2, 0.25) is 0 Å². The highest BCUT2D eigenvalue weighted by Gasteiger charge is 2.25. The van der Waals surface area contributed by atoms with E-state index in [1.807, 2.05) is 60.9 Å². The van der Waals surface area contributed by atoms with Crippen molar-refractivity contribution in [3.63, 3.8) is 0 Å². The van der Waals surface area contributed by atoms with Gasteiger partial charge in [-0.2, -0.15) is 4.98 Å². The van der Waals surface area contributed by atoms with Gasteiger partial charge >= 0.3 is 5.69 Å². The van der Waals surface area contributed by atoms with Gasteiger partial charge in [-0.1, -0.05) is 184 Å². The van der Waals surface area contributed by atoms with Crippen LogP contribution in [0.1, 0.15) is 102 Å². The van der Waals surface area contributed by atoms with Crippen molar-refractivity contribution >= 4 is 57.4 Å². The maximum atomic E-state index is 13.2. The van der Waals surface area contributed by atoms with Gasteiger partial charge in [-0.15, -0.1) is 0 Å². The Morgan fingerprint density at radius 3 is 1.16 bits per heavy atom. The second-order valence-corrected chi connectivity index (χ2v) is 26.3. The van der Waals surface area contributed by atoms with Crippen LogP contribution in [0.25, 0.3) is 142 Å². The Labute approximate surface area is 516 Å². The standard InChI is InChI=1S/C77H66N10O2/c1-75(2,3)52-27-19-47(20-28-52)67-59-37-35-57(80-59)66(46-15-17-50(18-16-46)71-78-43-51(44-79-71)45-25-33-55(34-26-45)87-65-14-12-11-13-56(65)84-70-72(87)85-74(89)86(10)73(70)88)58-36-38-60(81-58)68(48-21-29-53(30-22-48)76(4,5)6)62-40-42-64(83-62)69(63-41-39-61(67)82-63)49-23-31-54(32-24-49)77(7,8)9/h11-44,80,83H,1-10H3. The lowest BCUT2D eigenvalue weighted by molar-refractivity contribution is 0.590. The molecule has 0 unspecified atom stereocenters. The zero-order chi connectivity index (χ0) is 61.7. The van der Waals surface area contributed by atoms with Gasteiger partial charge in [-0.25, -0.2) is 29.7 Å². The Morgan fingerprint density at radius 2 is 0.753 bits per heavy atom. The minimum atomic E-state index is -0.648. The summed E-state index contributed by atoms with van der Waals surface area (Å²) in [5, 5.41) is 0. The Hall–Kier alpha value is -10.7. The zero-order valence-corrected chi connectivity index (χ0v) is 51.5. The molecule has 8 heterocycles. The molecule has 0 aliphatic carbocycles. The summed E-state index contributed by atoms with van der Waals surface area (Å²) < 4.78 is 2.78. The molecule has 0 atom stereocenters. The van der Waals surface area contributed by atoms with Gasteiger partial charge in [0.25, 0.3) is 5.56 Å². The number of para-hydroxylation sites is 2. The van der Waals surface area contributed by atoms with Gasteiger partial charge in [-0.05, 0) is 134 Å². The largest absolute Gasteiger partial charge is 0.354 e. The van der Waals surface area contributed by atoms with E-state index in [0.717, 1.165) is 111 Å². The highest BCUT2D eigenvalue weighted by molar-refractivity contribution is 6.00. The van der Waals surface area contributed by atoms with Crippen LogP contribution >= 0.6 is 0 Å². The van der Waals surface area contributed by atoms with E-state index in [2.05, 4.69) is 228 Å². The second-order valence-electron chi connectivity index (χ2n) is 26.3. The average Bonchev–Trinajstić information content (AvgIpc) is 2.07. The summed E-state index contributed by atoms with van der Waals surface area (Å²) in [5.74, 6) is 0.768. The van der Waals surface area contributed by atoms with Gasteiger partial charge in [0.1, 0.15) is 0 Å². The second kappa shape index (κ2) is 21.3. The normalized spacial score (nSPS) is 12.6. The molecule has 14 rings (SSSR count). The van der Waals surface area contributed by atoms with E-state index in [1.165, 1.54) is 23.7 Å². The van der Waals surface area contributed by atoms with Gasteiger partial charge in [0.05, 0.1) is 33.8 Å². The number of benzene rings is 6. The van der Waals surface area contributed by atoms with Crippen LogP contribution < -0.4 is 11.2 Å². The van der Waals surface area contributed by atoms with Crippen LogP contribution in [-0.2, 0) is 23.3 Å². The van der Waals surface area contributed by atoms with Crippen LogP contribution in [0.2, 0.25) is 0 Å². The Balaban J connectivity index is 0.907. The Kier molecular flexibility index (Phi) is 13.4. The Bertz CT molecular complexity index is 5070. The quantitative estimate of drug-likeness (QED) is 0.150. The van der Waals surface area contributed by atoms with Crippen molar-refractivity contribution in [1.82, 2.24) is 49.0 Å². The SMILES string of the molecule is Cn1c(=O)nc2n(-c3ccc(-c4cnc(-c5ccc(-c6c7nc(c(-c8ccc(C(C)(C)C)cc8)c8ccc([nH]8)c(-c8ccc(C(C)(C)C)cc8)c8nc(c(-c9ccc(C(C)(C)C)cc9)c9ccc6[nH]9)C=C8)C=C7)cc5)nc4)cc3)c3ccccc3nc-2c1=O. The smallest absolute Gasteiger partial charge is 0.352 e. The number of fused-ring (bicyclic) bond motifs is 10. The van der Waals surface area contributed by atoms with Crippen molar-refractivity contribution in [2.24, 2.45) is 7.05 Å². The molecule has 10 aromatic rings. The van der Waals surface area contributed by atoms with E-state index in [1.54, 1.807) is 4.57 Å². The molecule has 4 aliphatic rings. The fourth-order valence-corrected chi connectivity index (χ4v) is 12.1. The first-order valence-corrected chi connectivity index (χ1v) is 30.1. The minimum absolute atomic E-state index is 0.0108. The molecule has 0 saturated heterocycles. The average molecular weight is 1160 g/mol. The molecule has 6 aromatic carbocycles. The molecule has 89 heavy (non-hydrogen) atoms. The van der Waals surface area contributed by atoms with E-state index in [0.29, 0.717) is 22.5 Å². The molecule has 0 amide bonds. The van der Waals surface area contributed by atoms with Crippen molar-refractivity contribution in [3.05, 3.63) is 243 Å². The molecule has 12 nitrogen and oxygen atoms in total. The zero-order valence-electron chi connectivity index (χ0n) is 51.5. The number of rotatable bonds is 7. The summed E-state index contributed by atoms with van der Waals surface area (Å²) >= 11 is 0. The molecular formula is C77H66N10O2. The third kappa shape index (κ3) is 10.3. The van der Waals surface area contributed by atoms with Crippen LogP contribution in [-0.4, -0.2) is 49.0 Å². The predicted octanol–water partition coefficient (Wildman–Crippen LogP) is 17.2. The van der Waals surface area contributed by atoms with Gasteiger partial charge in [0.15, 0.2) is 17.3 Å². The maximum Gasteiger partial charge on any atom is 0.352 e. The van der Waals surface area contributed by atoms with Gasteiger partial charge in [0, 0.05) is 80.6 Å². The molecule has 0 fully saturated rings. The molecule has 4 aliphatic heterocycles. The number of aromatic amines is 2. The summed E-state index contributed by atoms with van der Waals surface area (Å²) in [5.41, 5.74) is 22.4. The van der Waals surface area contributed by atoms with Crippen LogP contribution in [0, 0.1) is 0 Å². The third-order valence-electron chi connectivity index (χ3n) is 17.2. The van der Waals surface area contributed by atoms with Crippen LogP contribution in [0.3, 0.4) is 0 Å². The highest BCUT2D eigenvalue weighted by atomic mass is 16.2. The van der Waals surface area contributed by atoms with Crippen molar-refractivity contribution in [1.29, 1.82) is 0 Å². The summed E-state index contributed by atoms with van der Waals surface area (Å²) in [6.45, 7) is 20.2. The van der Waals surface area contributed by atoms with Crippen molar-refractivity contribution in [2.45, 2.75) is 78.6 Å². The highest BCUT2D eigenvalue weighted by Crippen LogP contribution is 2.41. The van der Waals surface area contributed by atoms with Crippen LogP contribution in [0.4, 0.5) is 0 Å². The fourth-order valence-electron chi connectivity index (χ4n) is 12.1. The van der Waals surface area contributed by atoms with Gasteiger partial charge in [-0.3, -0.25) is 13.9 Å². The van der Waals surface area contributed by atoms with E-state index in [9.17, 15) is 9.59 Å². The van der Waals surface area contributed by atoms with E-state index >= 15 is 0 Å². The van der Waals surface area contributed by atoms with Crippen LogP contribution in [0.15, 0.2) is 192 Å². The first-order valence-electron chi connectivity index (χ1n) is 30.1.